The normalized spacial score (nSPS) is 21.5. The molecule has 2 fully saturated rings. The molecule has 2 aliphatic rings. The fraction of sp³-hybridized carbons (Fsp3) is 0.615. The van der Waals surface area contributed by atoms with Gasteiger partial charge in [0.25, 0.3) is 0 Å². The maximum atomic E-state index is 13.2. The van der Waals surface area contributed by atoms with Gasteiger partial charge in [-0.05, 0) is 56.7 Å². The molecule has 1 aromatic carbocycles. The van der Waals surface area contributed by atoms with Crippen LogP contribution in [0.15, 0.2) is 24.3 Å². The van der Waals surface area contributed by atoms with Crippen molar-refractivity contribution in [3.8, 4) is 0 Å². The van der Waals surface area contributed by atoms with Crippen molar-refractivity contribution < 1.29 is 23.9 Å². The SMILES string of the molecule is CC1(C)CC(CC(C=O)NC(=O)C(CC2CCCCC2)NC(=O)OCc2cccc(Cl)c2)C(=O)N1. The van der Waals surface area contributed by atoms with Crippen LogP contribution in [0.5, 0.6) is 0 Å². The van der Waals surface area contributed by atoms with Crippen LogP contribution in [0.25, 0.3) is 0 Å². The minimum absolute atomic E-state index is 0.0215. The first kappa shape index (κ1) is 27.0. The van der Waals surface area contributed by atoms with Crippen molar-refractivity contribution in [1.29, 1.82) is 0 Å². The van der Waals surface area contributed by atoms with Crippen LogP contribution in [0.3, 0.4) is 0 Å². The Morgan fingerprint density at radius 2 is 1.94 bits per heavy atom. The van der Waals surface area contributed by atoms with E-state index < -0.39 is 24.1 Å². The maximum absolute atomic E-state index is 13.2. The minimum Gasteiger partial charge on any atom is -0.445 e. The summed E-state index contributed by atoms with van der Waals surface area (Å²) in [5.74, 6) is -0.598. The summed E-state index contributed by atoms with van der Waals surface area (Å²) >= 11 is 5.98. The van der Waals surface area contributed by atoms with Crippen LogP contribution in [0.1, 0.15) is 70.8 Å². The van der Waals surface area contributed by atoms with E-state index in [4.69, 9.17) is 16.3 Å². The number of carbonyl (C=O) groups excluding carboxylic acids is 4. The highest BCUT2D eigenvalue weighted by atomic mass is 35.5. The molecule has 1 aromatic rings. The molecule has 3 rings (SSSR count). The molecule has 1 aliphatic heterocycles. The Labute approximate surface area is 211 Å². The van der Waals surface area contributed by atoms with E-state index in [1.165, 1.54) is 6.42 Å². The van der Waals surface area contributed by atoms with Crippen LogP contribution >= 0.6 is 11.6 Å². The lowest BCUT2D eigenvalue weighted by Gasteiger charge is -2.27. The molecule has 1 saturated heterocycles. The summed E-state index contributed by atoms with van der Waals surface area (Å²) < 4.78 is 5.32. The van der Waals surface area contributed by atoms with Gasteiger partial charge >= 0.3 is 6.09 Å². The van der Waals surface area contributed by atoms with Gasteiger partial charge in [-0.3, -0.25) is 9.59 Å². The zero-order valence-electron chi connectivity index (χ0n) is 20.5. The topological polar surface area (TPSA) is 114 Å². The summed E-state index contributed by atoms with van der Waals surface area (Å²) in [6, 6.07) is 5.35. The number of nitrogens with one attached hydrogen (secondary N) is 3. The van der Waals surface area contributed by atoms with Gasteiger partial charge in [0.15, 0.2) is 0 Å². The molecule has 9 heteroatoms. The number of amides is 3. The Balaban J connectivity index is 1.60. The number of halogens is 1. The van der Waals surface area contributed by atoms with Gasteiger partial charge in [-0.25, -0.2) is 4.79 Å². The lowest BCUT2D eigenvalue weighted by atomic mass is 9.84. The molecule has 0 spiro atoms. The van der Waals surface area contributed by atoms with Gasteiger partial charge in [0.1, 0.15) is 18.9 Å². The van der Waals surface area contributed by atoms with Crippen molar-refractivity contribution in [2.24, 2.45) is 11.8 Å². The molecule has 3 unspecified atom stereocenters. The summed E-state index contributed by atoms with van der Waals surface area (Å²) in [4.78, 5) is 49.7. The number of aldehydes is 1. The van der Waals surface area contributed by atoms with E-state index in [9.17, 15) is 19.2 Å². The summed E-state index contributed by atoms with van der Waals surface area (Å²) in [7, 11) is 0. The summed E-state index contributed by atoms with van der Waals surface area (Å²) in [5, 5.41) is 8.89. The van der Waals surface area contributed by atoms with Crippen LogP contribution in [-0.2, 0) is 25.7 Å². The molecule has 0 aromatic heterocycles. The first-order valence-electron chi connectivity index (χ1n) is 12.4. The number of alkyl carbamates (subject to hydrolysis) is 1. The first-order valence-corrected chi connectivity index (χ1v) is 12.8. The monoisotopic (exact) mass is 505 g/mol. The molecule has 3 amide bonds. The largest absolute Gasteiger partial charge is 0.445 e. The third-order valence-corrected chi connectivity index (χ3v) is 7.02. The summed E-state index contributed by atoms with van der Waals surface area (Å²) in [5.41, 5.74) is 0.400. The van der Waals surface area contributed by atoms with Crippen LogP contribution in [-0.4, -0.2) is 41.8 Å². The number of benzene rings is 1. The van der Waals surface area contributed by atoms with Crippen LogP contribution < -0.4 is 16.0 Å². The summed E-state index contributed by atoms with van der Waals surface area (Å²) in [6.45, 7) is 3.88. The maximum Gasteiger partial charge on any atom is 0.408 e. The van der Waals surface area contributed by atoms with E-state index in [1.807, 2.05) is 13.8 Å². The number of ether oxygens (including phenoxy) is 1. The fourth-order valence-electron chi connectivity index (χ4n) is 5.07. The van der Waals surface area contributed by atoms with Crippen molar-refractivity contribution >= 4 is 35.8 Å². The molecular formula is C26H36ClN3O5. The Hall–Kier alpha value is -2.61. The smallest absolute Gasteiger partial charge is 0.408 e. The van der Waals surface area contributed by atoms with E-state index in [0.29, 0.717) is 30.1 Å². The number of hydrogen-bond acceptors (Lipinski definition) is 5. The zero-order chi connectivity index (χ0) is 25.4. The van der Waals surface area contributed by atoms with Gasteiger partial charge in [-0.2, -0.15) is 0 Å². The van der Waals surface area contributed by atoms with Crippen molar-refractivity contribution in [2.45, 2.75) is 89.4 Å². The van der Waals surface area contributed by atoms with E-state index in [0.717, 1.165) is 31.2 Å². The van der Waals surface area contributed by atoms with Gasteiger partial charge in [0.2, 0.25) is 11.8 Å². The van der Waals surface area contributed by atoms with Gasteiger partial charge in [-0.1, -0.05) is 55.8 Å². The van der Waals surface area contributed by atoms with E-state index in [-0.39, 0.29) is 30.4 Å². The molecule has 35 heavy (non-hydrogen) atoms. The molecule has 192 valence electrons. The average Bonchev–Trinajstić information content (AvgIpc) is 3.08. The molecule has 1 aliphatic carbocycles. The Morgan fingerprint density at radius 3 is 2.57 bits per heavy atom. The molecule has 1 heterocycles. The second kappa shape index (κ2) is 12.4. The second-order valence-corrected chi connectivity index (χ2v) is 10.8. The third kappa shape index (κ3) is 8.53. The van der Waals surface area contributed by atoms with Gasteiger partial charge in [0.05, 0.1) is 6.04 Å². The predicted octanol–water partition coefficient (Wildman–Crippen LogP) is 3.89. The second-order valence-electron chi connectivity index (χ2n) is 10.4. The van der Waals surface area contributed by atoms with Crippen LogP contribution in [0, 0.1) is 11.8 Å². The molecule has 3 atom stereocenters. The molecule has 0 bridgehead atoms. The Kier molecular flexibility index (Phi) is 9.55. The van der Waals surface area contributed by atoms with Gasteiger partial charge in [-0.15, -0.1) is 0 Å². The highest BCUT2D eigenvalue weighted by Gasteiger charge is 2.39. The molecular weight excluding hydrogens is 470 g/mol. The standard InChI is InChI=1S/C26H36ClN3O5/c1-26(2)14-19(23(32)30-26)13-21(15-31)28-24(33)22(12-17-7-4-3-5-8-17)29-25(34)35-16-18-9-6-10-20(27)11-18/h6,9-11,15,17,19,21-22H,3-5,7-8,12-14,16H2,1-2H3,(H,28,33)(H,29,34)(H,30,32). The summed E-state index contributed by atoms with van der Waals surface area (Å²) in [6.07, 6.45) is 6.60. The zero-order valence-corrected chi connectivity index (χ0v) is 21.2. The fourth-order valence-corrected chi connectivity index (χ4v) is 5.28. The lowest BCUT2D eigenvalue weighted by molar-refractivity contribution is -0.127. The minimum atomic E-state index is -0.832. The Morgan fingerprint density at radius 1 is 1.20 bits per heavy atom. The average molecular weight is 506 g/mol. The van der Waals surface area contributed by atoms with E-state index in [1.54, 1.807) is 24.3 Å². The van der Waals surface area contributed by atoms with E-state index in [2.05, 4.69) is 16.0 Å². The van der Waals surface area contributed by atoms with Crippen LogP contribution in [0.4, 0.5) is 4.79 Å². The van der Waals surface area contributed by atoms with Crippen molar-refractivity contribution in [3.63, 3.8) is 0 Å². The highest BCUT2D eigenvalue weighted by molar-refractivity contribution is 6.30. The third-order valence-electron chi connectivity index (χ3n) is 6.78. The molecule has 8 nitrogen and oxygen atoms in total. The van der Waals surface area contributed by atoms with Gasteiger partial charge in [0, 0.05) is 16.5 Å². The molecule has 1 saturated carbocycles. The van der Waals surface area contributed by atoms with Gasteiger partial charge < -0.3 is 25.5 Å². The predicted molar refractivity (Wildman–Crippen MR) is 133 cm³/mol. The highest BCUT2D eigenvalue weighted by Crippen LogP contribution is 2.29. The van der Waals surface area contributed by atoms with E-state index >= 15 is 0 Å². The number of rotatable bonds is 10. The lowest BCUT2D eigenvalue weighted by Crippen LogP contribution is -2.51. The van der Waals surface area contributed by atoms with Crippen molar-refractivity contribution in [2.75, 3.05) is 0 Å². The van der Waals surface area contributed by atoms with Crippen LogP contribution in [0.2, 0.25) is 5.02 Å². The number of carbonyl (C=O) groups is 4. The number of hydrogen-bond donors (Lipinski definition) is 3. The Bertz CT molecular complexity index is 916. The first-order chi connectivity index (χ1) is 16.6. The quantitative estimate of drug-likeness (QED) is 0.417. The molecule has 3 N–H and O–H groups in total. The van der Waals surface area contributed by atoms with Crippen molar-refractivity contribution in [1.82, 2.24) is 16.0 Å². The molecule has 0 radical (unpaired) electrons. The van der Waals surface area contributed by atoms with Crippen molar-refractivity contribution in [3.05, 3.63) is 34.9 Å².